The molecule has 0 aliphatic heterocycles. The largest absolute Gasteiger partial charge is 0.359 e. The zero-order valence-electron chi connectivity index (χ0n) is 8.63. The fourth-order valence-corrected chi connectivity index (χ4v) is 1.64. The van der Waals surface area contributed by atoms with Crippen LogP contribution in [0.15, 0.2) is 0 Å². The van der Waals surface area contributed by atoms with Gasteiger partial charge in [-0.1, -0.05) is 6.92 Å². The van der Waals surface area contributed by atoms with E-state index in [1.54, 1.807) is 0 Å². The van der Waals surface area contributed by atoms with E-state index in [4.69, 9.17) is 0 Å². The summed E-state index contributed by atoms with van der Waals surface area (Å²) in [5.74, 6) is 6.80. The number of anilines is 1. The Bertz CT molecular complexity index is 322. The number of hydrogen-bond donors (Lipinski definition) is 1. The number of hydrogen-bond acceptors (Lipinski definition) is 4. The maximum absolute atomic E-state index is 4.35. The van der Waals surface area contributed by atoms with Gasteiger partial charge in [0, 0.05) is 30.9 Å². The summed E-state index contributed by atoms with van der Waals surface area (Å²) in [5.41, 5.74) is 0. The maximum atomic E-state index is 4.35. The van der Waals surface area contributed by atoms with Gasteiger partial charge in [0.25, 0.3) is 0 Å². The molecule has 0 unspecified atom stereocenters. The molecule has 1 aromatic rings. The first-order valence-corrected chi connectivity index (χ1v) is 5.60. The van der Waals surface area contributed by atoms with Crippen molar-refractivity contribution in [1.82, 2.24) is 9.36 Å². The summed E-state index contributed by atoms with van der Waals surface area (Å²) < 4.78 is 4.24. The molecule has 3 nitrogen and oxygen atoms in total. The molecule has 0 radical (unpaired) electrons. The molecule has 0 amide bonds. The number of aromatic nitrogens is 2. The molecule has 1 rings (SSSR count). The molecular formula is C10H15N3S. The molecule has 0 aliphatic rings. The summed E-state index contributed by atoms with van der Waals surface area (Å²) >= 11 is 1.43. The highest BCUT2D eigenvalue weighted by molar-refractivity contribution is 7.09. The van der Waals surface area contributed by atoms with Crippen molar-refractivity contribution in [2.24, 2.45) is 0 Å². The average Bonchev–Trinajstić information content (AvgIpc) is 2.61. The van der Waals surface area contributed by atoms with Crippen molar-refractivity contribution in [1.29, 1.82) is 0 Å². The van der Waals surface area contributed by atoms with Crippen molar-refractivity contribution in [3.63, 3.8) is 0 Å². The predicted octanol–water partition coefficient (Wildman–Crippen LogP) is 2.32. The van der Waals surface area contributed by atoms with Crippen LogP contribution in [-0.2, 0) is 6.42 Å². The summed E-state index contributed by atoms with van der Waals surface area (Å²) in [4.78, 5) is 4.35. The predicted molar refractivity (Wildman–Crippen MR) is 60.5 cm³/mol. The SMILES string of the molecule is CC#CCCNc1nc(CCC)ns1. The third-order valence-corrected chi connectivity index (χ3v) is 2.36. The monoisotopic (exact) mass is 209 g/mol. The van der Waals surface area contributed by atoms with Gasteiger partial charge in [-0.05, 0) is 13.3 Å². The summed E-state index contributed by atoms with van der Waals surface area (Å²) in [5, 5.41) is 4.11. The lowest BCUT2D eigenvalue weighted by Crippen LogP contribution is -1.99. The van der Waals surface area contributed by atoms with E-state index in [2.05, 4.69) is 33.4 Å². The third-order valence-electron chi connectivity index (χ3n) is 1.64. The second-order valence-corrected chi connectivity index (χ2v) is 3.62. The van der Waals surface area contributed by atoms with Crippen LogP contribution < -0.4 is 5.32 Å². The Hall–Kier alpha value is -1.08. The van der Waals surface area contributed by atoms with E-state index in [-0.39, 0.29) is 0 Å². The zero-order chi connectivity index (χ0) is 10.2. The minimum absolute atomic E-state index is 0.849. The van der Waals surface area contributed by atoms with Gasteiger partial charge in [0.15, 0.2) is 0 Å². The van der Waals surface area contributed by atoms with Gasteiger partial charge >= 0.3 is 0 Å². The van der Waals surface area contributed by atoms with Crippen molar-refractivity contribution < 1.29 is 0 Å². The van der Waals surface area contributed by atoms with Crippen molar-refractivity contribution in [3.8, 4) is 11.8 Å². The van der Waals surface area contributed by atoms with E-state index in [9.17, 15) is 0 Å². The standard InChI is InChI=1S/C10H15N3S/c1-3-5-6-8-11-10-12-9(7-4-2)13-14-10/h4,6-8H2,1-2H3,(H,11,12,13). The number of nitrogens with one attached hydrogen (secondary N) is 1. The first kappa shape index (κ1) is 11.0. The van der Waals surface area contributed by atoms with Crippen molar-refractivity contribution >= 4 is 16.7 Å². The number of aryl methyl sites for hydroxylation is 1. The van der Waals surface area contributed by atoms with Gasteiger partial charge in [0.1, 0.15) is 5.82 Å². The molecule has 0 saturated carbocycles. The summed E-state index contributed by atoms with van der Waals surface area (Å²) in [6, 6.07) is 0. The van der Waals surface area contributed by atoms with Gasteiger partial charge in [-0.2, -0.15) is 4.37 Å². The van der Waals surface area contributed by atoms with Crippen LogP contribution in [0.4, 0.5) is 5.13 Å². The summed E-state index contributed by atoms with van der Waals surface area (Å²) in [6.07, 6.45) is 2.92. The molecule has 0 spiro atoms. The van der Waals surface area contributed by atoms with Crippen LogP contribution in [0.3, 0.4) is 0 Å². The molecule has 76 valence electrons. The Morgan fingerprint density at radius 3 is 3.07 bits per heavy atom. The van der Waals surface area contributed by atoms with Gasteiger partial charge in [0.05, 0.1) is 0 Å². The fraction of sp³-hybridized carbons (Fsp3) is 0.600. The molecular weight excluding hydrogens is 194 g/mol. The Labute approximate surface area is 89.1 Å². The van der Waals surface area contributed by atoms with Crippen molar-refractivity contribution in [2.75, 3.05) is 11.9 Å². The van der Waals surface area contributed by atoms with Gasteiger partial charge < -0.3 is 5.32 Å². The van der Waals surface area contributed by atoms with E-state index in [0.717, 1.165) is 36.8 Å². The average molecular weight is 209 g/mol. The Morgan fingerprint density at radius 1 is 1.50 bits per heavy atom. The summed E-state index contributed by atoms with van der Waals surface area (Å²) in [7, 11) is 0. The van der Waals surface area contributed by atoms with E-state index < -0.39 is 0 Å². The second kappa shape index (κ2) is 6.39. The molecule has 4 heteroatoms. The highest BCUT2D eigenvalue weighted by Gasteiger charge is 2.00. The molecule has 0 saturated heterocycles. The van der Waals surface area contributed by atoms with Crippen LogP contribution in [0.1, 0.15) is 32.5 Å². The lowest BCUT2D eigenvalue weighted by atomic mass is 10.3. The third kappa shape index (κ3) is 3.75. The maximum Gasteiger partial charge on any atom is 0.202 e. The minimum atomic E-state index is 0.849. The van der Waals surface area contributed by atoms with E-state index >= 15 is 0 Å². The normalized spacial score (nSPS) is 9.29. The highest BCUT2D eigenvalue weighted by Crippen LogP contribution is 2.11. The Balaban J connectivity index is 2.31. The van der Waals surface area contributed by atoms with E-state index in [0.29, 0.717) is 0 Å². The molecule has 0 aliphatic carbocycles. The van der Waals surface area contributed by atoms with Gasteiger partial charge in [0.2, 0.25) is 5.13 Å². The van der Waals surface area contributed by atoms with Crippen LogP contribution >= 0.6 is 11.5 Å². The molecule has 0 bridgehead atoms. The van der Waals surface area contributed by atoms with Crippen LogP contribution in [0, 0.1) is 11.8 Å². The first-order chi connectivity index (χ1) is 6.86. The first-order valence-electron chi connectivity index (χ1n) is 4.83. The Morgan fingerprint density at radius 2 is 2.36 bits per heavy atom. The van der Waals surface area contributed by atoms with Crippen LogP contribution in [0.25, 0.3) is 0 Å². The molecule has 1 heterocycles. The molecule has 1 aromatic heterocycles. The Kier molecular flexibility index (Phi) is 5.02. The van der Waals surface area contributed by atoms with Crippen molar-refractivity contribution in [3.05, 3.63) is 5.82 Å². The van der Waals surface area contributed by atoms with Gasteiger partial charge in [-0.3, -0.25) is 0 Å². The number of nitrogens with zero attached hydrogens (tertiary/aromatic N) is 2. The molecule has 0 fully saturated rings. The quantitative estimate of drug-likeness (QED) is 0.597. The zero-order valence-corrected chi connectivity index (χ0v) is 9.45. The van der Waals surface area contributed by atoms with Gasteiger partial charge in [-0.25, -0.2) is 4.98 Å². The summed E-state index contributed by atoms with van der Waals surface area (Å²) in [6.45, 7) is 4.83. The molecule has 0 aromatic carbocycles. The van der Waals surface area contributed by atoms with Crippen LogP contribution in [0.2, 0.25) is 0 Å². The molecule has 1 N–H and O–H groups in total. The van der Waals surface area contributed by atoms with E-state index in [1.165, 1.54) is 11.5 Å². The highest BCUT2D eigenvalue weighted by atomic mass is 32.1. The smallest absolute Gasteiger partial charge is 0.202 e. The second-order valence-electron chi connectivity index (χ2n) is 2.87. The fourth-order valence-electron chi connectivity index (χ4n) is 1.01. The van der Waals surface area contributed by atoms with Crippen LogP contribution in [0.5, 0.6) is 0 Å². The number of rotatable bonds is 5. The topological polar surface area (TPSA) is 37.8 Å². The minimum Gasteiger partial charge on any atom is -0.359 e. The lowest BCUT2D eigenvalue weighted by Gasteiger charge is -1.95. The van der Waals surface area contributed by atoms with Crippen LogP contribution in [-0.4, -0.2) is 15.9 Å². The molecule has 14 heavy (non-hydrogen) atoms. The van der Waals surface area contributed by atoms with Gasteiger partial charge in [-0.15, -0.1) is 11.8 Å². The molecule has 0 atom stereocenters. The lowest BCUT2D eigenvalue weighted by molar-refractivity contribution is 0.861. The van der Waals surface area contributed by atoms with E-state index in [1.807, 2.05) is 6.92 Å². The van der Waals surface area contributed by atoms with Crippen molar-refractivity contribution in [2.45, 2.75) is 33.1 Å².